The van der Waals surface area contributed by atoms with E-state index in [2.05, 4.69) is 29.7 Å². The molecule has 31 heavy (non-hydrogen) atoms. The van der Waals surface area contributed by atoms with Crippen LogP contribution in [0.25, 0.3) is 0 Å². The van der Waals surface area contributed by atoms with E-state index in [1.54, 1.807) is 0 Å². The number of epoxide rings is 1. The third-order valence-electron chi connectivity index (χ3n) is 9.09. The summed E-state index contributed by atoms with van der Waals surface area (Å²) < 4.78 is 12.6. The Morgan fingerprint density at radius 2 is 1.94 bits per heavy atom. The summed E-state index contributed by atoms with van der Waals surface area (Å²) >= 11 is 6.18. The smallest absolute Gasteiger partial charge is 0.311 e. The number of benzene rings is 1. The van der Waals surface area contributed by atoms with E-state index in [4.69, 9.17) is 21.1 Å². The lowest BCUT2D eigenvalue weighted by Crippen LogP contribution is -2.58. The van der Waals surface area contributed by atoms with E-state index in [0.29, 0.717) is 17.8 Å². The summed E-state index contributed by atoms with van der Waals surface area (Å²) in [6.07, 6.45) is 4.64. The summed E-state index contributed by atoms with van der Waals surface area (Å²) in [5.74, 6) is 1.39. The summed E-state index contributed by atoms with van der Waals surface area (Å²) in [4.78, 5) is 18.1. The molecule has 0 amide bonds. The lowest BCUT2D eigenvalue weighted by molar-refractivity contribution is -0.168. The molecule has 0 N–H and O–H groups in total. The van der Waals surface area contributed by atoms with E-state index in [0.717, 1.165) is 57.0 Å². The van der Waals surface area contributed by atoms with E-state index in [1.807, 2.05) is 18.2 Å². The Hall–Kier alpha value is -1.30. The molecular weight excluding hydrogens is 412 g/mol. The van der Waals surface area contributed by atoms with Crippen LogP contribution in [0.2, 0.25) is 5.02 Å². The molecule has 2 aliphatic carbocycles. The van der Waals surface area contributed by atoms with Gasteiger partial charge < -0.3 is 14.4 Å². The number of anilines is 1. The molecule has 6 rings (SSSR count). The molecule has 7 unspecified atom stereocenters. The molecule has 1 aromatic carbocycles. The number of esters is 1. The van der Waals surface area contributed by atoms with Gasteiger partial charge in [-0.05, 0) is 56.7 Å². The zero-order valence-corrected chi connectivity index (χ0v) is 19.3. The number of rotatable bonds is 3. The summed E-state index contributed by atoms with van der Waals surface area (Å²) in [6.45, 7) is 9.24. The minimum atomic E-state index is -0.366. The molecule has 5 fully saturated rings. The Morgan fingerprint density at radius 1 is 1.13 bits per heavy atom. The molecule has 3 saturated heterocycles. The molecule has 6 heteroatoms. The highest BCUT2D eigenvalue weighted by molar-refractivity contribution is 6.30. The summed E-state index contributed by atoms with van der Waals surface area (Å²) in [7, 11) is 0. The Balaban J connectivity index is 1.17. The van der Waals surface area contributed by atoms with E-state index in [9.17, 15) is 4.79 Å². The van der Waals surface area contributed by atoms with Gasteiger partial charge in [-0.25, -0.2) is 0 Å². The monoisotopic (exact) mass is 444 g/mol. The SMILES string of the molecule is CC1CCC2C(CN3CCN(c4cccc(Cl)c4)CC3)C(=O)OC23C1CCC1(C)OC13. The van der Waals surface area contributed by atoms with Gasteiger partial charge in [0, 0.05) is 55.3 Å². The molecule has 1 spiro atoms. The third-order valence-corrected chi connectivity index (χ3v) is 9.33. The van der Waals surface area contributed by atoms with Gasteiger partial charge in [0.25, 0.3) is 0 Å². The van der Waals surface area contributed by atoms with Gasteiger partial charge in [-0.3, -0.25) is 9.69 Å². The van der Waals surface area contributed by atoms with Crippen molar-refractivity contribution in [1.29, 1.82) is 0 Å². The predicted molar refractivity (Wildman–Crippen MR) is 120 cm³/mol. The molecule has 5 aliphatic rings. The number of hydrogen-bond acceptors (Lipinski definition) is 5. The number of carbonyl (C=O) groups is 1. The molecule has 7 atom stereocenters. The quantitative estimate of drug-likeness (QED) is 0.521. The molecule has 0 radical (unpaired) electrons. The molecule has 1 aromatic rings. The largest absolute Gasteiger partial charge is 0.455 e. The van der Waals surface area contributed by atoms with E-state index < -0.39 is 0 Å². The first-order valence-electron chi connectivity index (χ1n) is 12.0. The number of piperazine rings is 1. The van der Waals surface area contributed by atoms with Crippen LogP contribution >= 0.6 is 11.6 Å². The van der Waals surface area contributed by atoms with Crippen molar-refractivity contribution in [3.05, 3.63) is 29.3 Å². The first-order valence-corrected chi connectivity index (χ1v) is 12.4. The highest BCUT2D eigenvalue weighted by atomic mass is 35.5. The number of halogens is 1. The maximum atomic E-state index is 13.2. The molecule has 5 nitrogen and oxygen atoms in total. The maximum absolute atomic E-state index is 13.2. The van der Waals surface area contributed by atoms with Crippen LogP contribution in [0, 0.1) is 23.7 Å². The van der Waals surface area contributed by atoms with Gasteiger partial charge in [0.2, 0.25) is 0 Å². The second-order valence-corrected chi connectivity index (χ2v) is 11.2. The molecule has 3 aliphatic heterocycles. The minimum Gasteiger partial charge on any atom is -0.455 e. The molecular formula is C25H33ClN2O3. The number of ether oxygens (including phenoxy) is 2. The van der Waals surface area contributed by atoms with E-state index in [-0.39, 0.29) is 29.2 Å². The predicted octanol–water partition coefficient (Wildman–Crippen LogP) is 3.99. The Kier molecular flexibility index (Phi) is 4.65. The molecule has 0 bridgehead atoms. The molecule has 3 heterocycles. The van der Waals surface area contributed by atoms with Crippen LogP contribution in [0.1, 0.15) is 39.5 Å². The van der Waals surface area contributed by atoms with Crippen LogP contribution in [0.3, 0.4) is 0 Å². The van der Waals surface area contributed by atoms with E-state index in [1.165, 1.54) is 12.1 Å². The van der Waals surface area contributed by atoms with Crippen molar-refractivity contribution >= 4 is 23.3 Å². The maximum Gasteiger partial charge on any atom is 0.311 e. The number of fused-ring (bicyclic) bond motifs is 1. The zero-order valence-electron chi connectivity index (χ0n) is 18.6. The van der Waals surface area contributed by atoms with Crippen molar-refractivity contribution in [3.8, 4) is 0 Å². The van der Waals surface area contributed by atoms with E-state index >= 15 is 0 Å². The fourth-order valence-corrected chi connectivity index (χ4v) is 7.59. The van der Waals surface area contributed by atoms with Crippen LogP contribution in [-0.2, 0) is 14.3 Å². The van der Waals surface area contributed by atoms with Crippen molar-refractivity contribution in [2.24, 2.45) is 23.7 Å². The van der Waals surface area contributed by atoms with Gasteiger partial charge in [0.15, 0.2) is 0 Å². The highest BCUT2D eigenvalue weighted by Gasteiger charge is 2.77. The third kappa shape index (κ3) is 3.07. The summed E-state index contributed by atoms with van der Waals surface area (Å²) in [5.41, 5.74) is 0.751. The van der Waals surface area contributed by atoms with Crippen molar-refractivity contribution in [1.82, 2.24) is 4.90 Å². The fourth-order valence-electron chi connectivity index (χ4n) is 7.40. The van der Waals surface area contributed by atoms with Crippen LogP contribution in [0.15, 0.2) is 24.3 Å². The topological polar surface area (TPSA) is 45.3 Å². The first-order chi connectivity index (χ1) is 14.9. The van der Waals surface area contributed by atoms with Crippen molar-refractivity contribution in [2.75, 3.05) is 37.6 Å². The molecule has 0 aromatic heterocycles. The average molecular weight is 445 g/mol. The second kappa shape index (κ2) is 7.10. The average Bonchev–Trinajstić information content (AvgIpc) is 3.38. The van der Waals surface area contributed by atoms with Crippen molar-refractivity contribution in [3.63, 3.8) is 0 Å². The molecule has 2 saturated carbocycles. The number of carbonyl (C=O) groups excluding carboxylic acids is 1. The second-order valence-electron chi connectivity index (χ2n) is 10.8. The number of nitrogens with zero attached hydrogens (tertiary/aromatic N) is 2. The Bertz CT molecular complexity index is 887. The molecule has 168 valence electrons. The van der Waals surface area contributed by atoms with Crippen molar-refractivity contribution in [2.45, 2.75) is 56.8 Å². The number of hydrogen-bond donors (Lipinski definition) is 0. The zero-order chi connectivity index (χ0) is 21.4. The highest BCUT2D eigenvalue weighted by Crippen LogP contribution is 2.66. The lowest BCUT2D eigenvalue weighted by atomic mass is 9.55. The van der Waals surface area contributed by atoms with Gasteiger partial charge in [0.1, 0.15) is 11.7 Å². The summed E-state index contributed by atoms with van der Waals surface area (Å²) in [6, 6.07) is 8.09. The van der Waals surface area contributed by atoms with Crippen LogP contribution in [0.4, 0.5) is 5.69 Å². The normalized spacial score (nSPS) is 44.3. The van der Waals surface area contributed by atoms with Crippen LogP contribution in [0.5, 0.6) is 0 Å². The Labute approximate surface area is 190 Å². The van der Waals surface area contributed by atoms with Gasteiger partial charge in [-0.1, -0.05) is 24.6 Å². The fraction of sp³-hybridized carbons (Fsp3) is 0.720. The summed E-state index contributed by atoms with van der Waals surface area (Å²) in [5, 5.41) is 0.779. The first kappa shape index (κ1) is 20.3. The van der Waals surface area contributed by atoms with Crippen molar-refractivity contribution < 1.29 is 14.3 Å². The van der Waals surface area contributed by atoms with Gasteiger partial charge in [-0.2, -0.15) is 0 Å². The Morgan fingerprint density at radius 3 is 2.71 bits per heavy atom. The lowest BCUT2D eigenvalue weighted by Gasteiger charge is -2.50. The van der Waals surface area contributed by atoms with Gasteiger partial charge in [-0.15, -0.1) is 0 Å². The van der Waals surface area contributed by atoms with Crippen LogP contribution in [-0.4, -0.2) is 60.9 Å². The standard InChI is InChI=1S/C25H33ClN2O3/c1-16-6-7-21-19(22(29)30-25(21)20(16)8-9-24(2)23(25)31-24)15-27-10-12-28(13-11-27)18-5-3-4-17(26)14-18/h3-5,14,16,19-21,23H,6-13,15H2,1-2H3. The van der Waals surface area contributed by atoms with Crippen LogP contribution < -0.4 is 4.90 Å². The van der Waals surface area contributed by atoms with Gasteiger partial charge >= 0.3 is 5.97 Å². The van der Waals surface area contributed by atoms with Gasteiger partial charge in [0.05, 0.1) is 11.5 Å². The minimum absolute atomic E-state index is 0.0146.